The first-order valence-electron chi connectivity index (χ1n) is 5.24. The highest BCUT2D eigenvalue weighted by atomic mass is 17.1. The van der Waals surface area contributed by atoms with Gasteiger partial charge in [-0.3, -0.25) is 5.26 Å². The quantitative estimate of drug-likeness (QED) is 0.527. The van der Waals surface area contributed by atoms with E-state index in [4.69, 9.17) is 5.26 Å². The van der Waals surface area contributed by atoms with Crippen LogP contribution >= 0.6 is 0 Å². The average molecular weight is 187 g/mol. The van der Waals surface area contributed by atoms with Crippen LogP contribution in [0.15, 0.2) is 0 Å². The second-order valence-electron chi connectivity index (χ2n) is 4.11. The molecule has 3 heteroatoms. The zero-order valence-electron chi connectivity index (χ0n) is 8.70. The van der Waals surface area contributed by atoms with Crippen molar-refractivity contribution in [3.8, 4) is 0 Å². The van der Waals surface area contributed by atoms with Crippen molar-refractivity contribution in [2.24, 2.45) is 5.92 Å². The standard InChI is InChI=1S/C10H21NO2/c1-3-4-9-7-10(5-6-13-12)11(2)8-9/h9-10,12H,3-8H2,1-2H3. The fraction of sp³-hybridized carbons (Fsp3) is 1.00. The van der Waals surface area contributed by atoms with E-state index in [1.807, 2.05) is 0 Å². The Hall–Kier alpha value is -0.120. The fourth-order valence-electron chi connectivity index (χ4n) is 2.34. The molecule has 1 aliphatic rings. The SMILES string of the molecule is CCCC1CC(CCOO)N(C)C1. The smallest absolute Gasteiger partial charge is 0.0834 e. The molecule has 1 fully saturated rings. The van der Waals surface area contributed by atoms with Gasteiger partial charge in [-0.25, -0.2) is 4.89 Å². The highest BCUT2D eigenvalue weighted by Gasteiger charge is 2.28. The van der Waals surface area contributed by atoms with E-state index in [0.29, 0.717) is 12.6 Å². The van der Waals surface area contributed by atoms with Gasteiger partial charge in [0.25, 0.3) is 0 Å². The van der Waals surface area contributed by atoms with Crippen molar-refractivity contribution >= 4 is 0 Å². The molecule has 3 nitrogen and oxygen atoms in total. The lowest BCUT2D eigenvalue weighted by Gasteiger charge is -2.17. The minimum Gasteiger partial charge on any atom is -0.303 e. The maximum atomic E-state index is 8.26. The molecule has 1 saturated heterocycles. The first kappa shape index (κ1) is 11.0. The number of rotatable bonds is 5. The molecule has 0 saturated carbocycles. The minimum atomic E-state index is 0.466. The van der Waals surface area contributed by atoms with Crippen molar-refractivity contribution in [1.29, 1.82) is 0 Å². The van der Waals surface area contributed by atoms with Crippen molar-refractivity contribution in [3.63, 3.8) is 0 Å². The van der Waals surface area contributed by atoms with E-state index >= 15 is 0 Å². The van der Waals surface area contributed by atoms with Gasteiger partial charge in [-0.05, 0) is 32.2 Å². The third-order valence-corrected chi connectivity index (χ3v) is 3.01. The molecule has 1 N–H and O–H groups in total. The summed E-state index contributed by atoms with van der Waals surface area (Å²) in [5, 5.41) is 8.26. The van der Waals surface area contributed by atoms with Crippen LogP contribution in [-0.2, 0) is 4.89 Å². The van der Waals surface area contributed by atoms with Crippen LogP contribution in [-0.4, -0.2) is 36.4 Å². The molecule has 2 atom stereocenters. The van der Waals surface area contributed by atoms with Crippen molar-refractivity contribution in [1.82, 2.24) is 4.90 Å². The van der Waals surface area contributed by atoms with Gasteiger partial charge in [0.2, 0.25) is 0 Å². The van der Waals surface area contributed by atoms with E-state index in [2.05, 4.69) is 23.8 Å². The molecule has 1 aliphatic heterocycles. The normalized spacial score (nSPS) is 29.8. The van der Waals surface area contributed by atoms with Crippen molar-refractivity contribution in [2.45, 2.75) is 38.6 Å². The van der Waals surface area contributed by atoms with Crippen LogP contribution < -0.4 is 0 Å². The van der Waals surface area contributed by atoms with E-state index in [0.717, 1.165) is 12.3 Å². The van der Waals surface area contributed by atoms with Gasteiger partial charge in [0.1, 0.15) is 0 Å². The summed E-state index contributed by atoms with van der Waals surface area (Å²) < 4.78 is 0. The molecular formula is C10H21NO2. The fourth-order valence-corrected chi connectivity index (χ4v) is 2.34. The number of likely N-dealkylation sites (tertiary alicyclic amines) is 1. The molecule has 13 heavy (non-hydrogen) atoms. The molecule has 0 aromatic carbocycles. The Balaban J connectivity index is 2.24. The van der Waals surface area contributed by atoms with E-state index < -0.39 is 0 Å². The first-order valence-corrected chi connectivity index (χ1v) is 5.24. The van der Waals surface area contributed by atoms with Crippen LogP contribution in [0.1, 0.15) is 32.6 Å². The van der Waals surface area contributed by atoms with Gasteiger partial charge >= 0.3 is 0 Å². The molecule has 1 heterocycles. The molecule has 0 radical (unpaired) electrons. The van der Waals surface area contributed by atoms with Gasteiger partial charge in [-0.2, -0.15) is 0 Å². The number of hydrogen-bond donors (Lipinski definition) is 1. The van der Waals surface area contributed by atoms with E-state index in [1.165, 1.54) is 25.8 Å². The molecule has 78 valence electrons. The van der Waals surface area contributed by atoms with Gasteiger partial charge in [-0.1, -0.05) is 13.3 Å². The van der Waals surface area contributed by atoms with Crippen LogP contribution in [0.2, 0.25) is 0 Å². The predicted molar refractivity (Wildman–Crippen MR) is 52.6 cm³/mol. The van der Waals surface area contributed by atoms with Crippen LogP contribution in [0.4, 0.5) is 0 Å². The van der Waals surface area contributed by atoms with Crippen LogP contribution in [0.5, 0.6) is 0 Å². The Morgan fingerprint density at radius 2 is 2.23 bits per heavy atom. The number of hydrogen-bond acceptors (Lipinski definition) is 3. The Bertz CT molecular complexity index is 141. The zero-order valence-corrected chi connectivity index (χ0v) is 8.70. The molecule has 0 amide bonds. The van der Waals surface area contributed by atoms with Crippen molar-refractivity contribution < 1.29 is 10.1 Å². The summed E-state index contributed by atoms with van der Waals surface area (Å²) in [4.78, 5) is 6.51. The topological polar surface area (TPSA) is 32.7 Å². The summed E-state index contributed by atoms with van der Waals surface area (Å²) >= 11 is 0. The summed E-state index contributed by atoms with van der Waals surface area (Å²) in [7, 11) is 2.16. The Morgan fingerprint density at radius 1 is 1.46 bits per heavy atom. The molecular weight excluding hydrogens is 166 g/mol. The summed E-state index contributed by atoms with van der Waals surface area (Å²) in [6.45, 7) is 3.92. The second kappa shape index (κ2) is 5.58. The average Bonchev–Trinajstić information content (AvgIpc) is 2.44. The molecule has 0 aromatic heterocycles. The predicted octanol–water partition coefficient (Wildman–Crippen LogP) is 1.99. The molecule has 0 aromatic rings. The molecule has 0 bridgehead atoms. The van der Waals surface area contributed by atoms with Crippen LogP contribution in [0, 0.1) is 5.92 Å². The lowest BCUT2D eigenvalue weighted by molar-refractivity contribution is -0.244. The molecule has 1 rings (SSSR count). The maximum absolute atomic E-state index is 8.26. The summed E-state index contributed by atoms with van der Waals surface area (Å²) in [5.41, 5.74) is 0. The minimum absolute atomic E-state index is 0.466. The Morgan fingerprint density at radius 3 is 2.85 bits per heavy atom. The summed E-state index contributed by atoms with van der Waals surface area (Å²) in [6, 6.07) is 0.615. The van der Waals surface area contributed by atoms with Gasteiger partial charge in [-0.15, -0.1) is 0 Å². The van der Waals surface area contributed by atoms with E-state index in [-0.39, 0.29) is 0 Å². The lowest BCUT2D eigenvalue weighted by atomic mass is 9.99. The largest absolute Gasteiger partial charge is 0.303 e. The second-order valence-corrected chi connectivity index (χ2v) is 4.11. The number of nitrogens with zero attached hydrogens (tertiary/aromatic N) is 1. The summed E-state index contributed by atoms with van der Waals surface area (Å²) in [5.74, 6) is 0.860. The van der Waals surface area contributed by atoms with Crippen molar-refractivity contribution in [3.05, 3.63) is 0 Å². The maximum Gasteiger partial charge on any atom is 0.0834 e. The molecule has 2 unspecified atom stereocenters. The monoisotopic (exact) mass is 187 g/mol. The van der Waals surface area contributed by atoms with Gasteiger partial charge in [0.15, 0.2) is 0 Å². The molecule has 0 aliphatic carbocycles. The van der Waals surface area contributed by atoms with Gasteiger partial charge in [0.05, 0.1) is 6.61 Å². The first-order chi connectivity index (χ1) is 6.27. The third kappa shape index (κ3) is 3.25. The highest BCUT2D eigenvalue weighted by Crippen LogP contribution is 2.26. The van der Waals surface area contributed by atoms with Gasteiger partial charge < -0.3 is 4.90 Å². The van der Waals surface area contributed by atoms with E-state index in [9.17, 15) is 0 Å². The molecule has 0 spiro atoms. The highest BCUT2D eigenvalue weighted by molar-refractivity contribution is 4.82. The summed E-state index contributed by atoms with van der Waals surface area (Å²) in [6.07, 6.45) is 4.84. The third-order valence-electron chi connectivity index (χ3n) is 3.01. The lowest BCUT2D eigenvalue weighted by Crippen LogP contribution is -2.26. The Labute approximate surface area is 80.6 Å². The van der Waals surface area contributed by atoms with Crippen LogP contribution in [0.25, 0.3) is 0 Å². The van der Waals surface area contributed by atoms with Crippen LogP contribution in [0.3, 0.4) is 0 Å². The Kier molecular flexibility index (Phi) is 4.70. The van der Waals surface area contributed by atoms with E-state index in [1.54, 1.807) is 0 Å². The van der Waals surface area contributed by atoms with Gasteiger partial charge in [0, 0.05) is 12.6 Å². The zero-order chi connectivity index (χ0) is 9.68. The van der Waals surface area contributed by atoms with Crippen molar-refractivity contribution in [2.75, 3.05) is 20.2 Å².